The van der Waals surface area contributed by atoms with Crippen LogP contribution in [0.1, 0.15) is 89.2 Å². The van der Waals surface area contributed by atoms with Crippen molar-refractivity contribution in [1.29, 1.82) is 0 Å². The number of sulfonamides is 2. The molecule has 0 saturated heterocycles. The molecule has 0 spiro atoms. The van der Waals surface area contributed by atoms with Gasteiger partial charge in [0.05, 0.1) is 26.5 Å². The van der Waals surface area contributed by atoms with E-state index in [-0.39, 0.29) is 39.6 Å². The average Bonchev–Trinajstić information content (AvgIpc) is 3.56. The van der Waals surface area contributed by atoms with Gasteiger partial charge >= 0.3 is 0 Å². The highest BCUT2D eigenvalue weighted by Gasteiger charge is 2.36. The molecule has 9 nitrogen and oxygen atoms in total. The zero-order valence-electron chi connectivity index (χ0n) is 25.5. The Bertz CT molecular complexity index is 1460. The molecule has 3 saturated carbocycles. The monoisotopic (exact) mass is 729 g/mol. The molecule has 244 valence electrons. The number of aromatic nitrogens is 2. The van der Waals surface area contributed by atoms with E-state index < -0.39 is 20.0 Å². The van der Waals surface area contributed by atoms with Gasteiger partial charge in [-0.1, -0.05) is 32.1 Å². The Morgan fingerprint density at radius 2 is 1.39 bits per heavy atom. The molecule has 44 heavy (non-hydrogen) atoms. The van der Waals surface area contributed by atoms with Crippen molar-refractivity contribution in [3.63, 3.8) is 0 Å². The fourth-order valence-corrected chi connectivity index (χ4v) is 10.8. The molecule has 3 aliphatic carbocycles. The molecule has 0 aliphatic heterocycles. The molecule has 3 aliphatic rings. The van der Waals surface area contributed by atoms with Crippen LogP contribution in [-0.4, -0.2) is 67.0 Å². The van der Waals surface area contributed by atoms with Gasteiger partial charge in [-0.2, -0.15) is 8.61 Å². The largest absolute Gasteiger partial charge is 0.357 e. The normalized spacial score (nSPS) is 22.6. The molecular weight excluding hydrogens is 686 g/mol. The van der Waals surface area contributed by atoms with E-state index in [0.717, 1.165) is 77.0 Å². The summed E-state index contributed by atoms with van der Waals surface area (Å²) in [7, 11) is -6.03. The third-order valence-electron chi connectivity index (χ3n) is 9.57. The lowest BCUT2D eigenvalue weighted by atomic mass is 9.89. The number of anilines is 1. The Labute approximate surface area is 276 Å². The summed E-state index contributed by atoms with van der Waals surface area (Å²) in [6.07, 6.45) is 14.4. The molecule has 5 rings (SSSR count). The maximum absolute atomic E-state index is 14.2. The second kappa shape index (κ2) is 15.1. The van der Waals surface area contributed by atoms with Gasteiger partial charge in [-0.25, -0.2) is 26.8 Å². The Morgan fingerprint density at radius 1 is 0.818 bits per heavy atom. The first-order valence-corrected chi connectivity index (χ1v) is 20.1. The molecule has 1 N–H and O–H groups in total. The Balaban J connectivity index is 1.40. The Morgan fingerprint density at radius 3 is 2.00 bits per heavy atom. The molecule has 1 heterocycles. The highest BCUT2D eigenvalue weighted by atomic mass is 79.9. The van der Waals surface area contributed by atoms with Crippen LogP contribution in [0.4, 0.5) is 5.95 Å². The van der Waals surface area contributed by atoms with Gasteiger partial charge in [-0.3, -0.25) is 0 Å². The number of alkyl halides is 1. The summed E-state index contributed by atoms with van der Waals surface area (Å²) in [5.74, 6) is 0.963. The van der Waals surface area contributed by atoms with Crippen molar-refractivity contribution in [3.8, 4) is 0 Å². The maximum Gasteiger partial charge on any atom is 0.243 e. The number of nitrogens with one attached hydrogen (secondary N) is 1. The van der Waals surface area contributed by atoms with Gasteiger partial charge in [0.25, 0.3) is 0 Å². The van der Waals surface area contributed by atoms with Crippen LogP contribution < -0.4 is 5.32 Å². The lowest BCUT2D eigenvalue weighted by Crippen LogP contribution is -2.42. The first-order chi connectivity index (χ1) is 21.1. The van der Waals surface area contributed by atoms with Gasteiger partial charge in [-0.05, 0) is 103 Å². The molecule has 0 bridgehead atoms. The molecule has 1 aromatic heterocycles. The second-order valence-corrected chi connectivity index (χ2v) is 17.9. The predicted octanol–water partition coefficient (Wildman–Crippen LogP) is 6.78. The minimum atomic E-state index is -3.95. The van der Waals surface area contributed by atoms with Crippen LogP contribution in [0.5, 0.6) is 0 Å². The summed E-state index contributed by atoms with van der Waals surface area (Å²) < 4.78 is 60.3. The maximum atomic E-state index is 14.2. The van der Waals surface area contributed by atoms with Gasteiger partial charge in [0.1, 0.15) is 0 Å². The van der Waals surface area contributed by atoms with Crippen molar-refractivity contribution in [3.05, 3.63) is 40.6 Å². The van der Waals surface area contributed by atoms with Crippen LogP contribution in [0, 0.1) is 11.8 Å². The van der Waals surface area contributed by atoms with Crippen molar-refractivity contribution in [2.24, 2.45) is 11.8 Å². The number of hydrogen-bond donors (Lipinski definition) is 1. The Kier molecular flexibility index (Phi) is 11.7. The third-order valence-corrected chi connectivity index (χ3v) is 14.4. The molecule has 0 amide bonds. The van der Waals surface area contributed by atoms with E-state index in [2.05, 4.69) is 31.2 Å². The topological polar surface area (TPSA) is 113 Å². The van der Waals surface area contributed by atoms with Crippen molar-refractivity contribution in [1.82, 2.24) is 18.6 Å². The second-order valence-electron chi connectivity index (χ2n) is 12.6. The summed E-state index contributed by atoms with van der Waals surface area (Å²) in [6.45, 7) is 0.957. The highest BCUT2D eigenvalue weighted by Crippen LogP contribution is 2.35. The minimum Gasteiger partial charge on any atom is -0.357 e. The lowest BCUT2D eigenvalue weighted by molar-refractivity contribution is 0.240. The summed E-state index contributed by atoms with van der Waals surface area (Å²) in [5, 5.41) is 3.10. The molecule has 13 heteroatoms. The summed E-state index contributed by atoms with van der Waals surface area (Å²) in [6, 6.07) is 5.83. The molecule has 1 aromatic carbocycles. The highest BCUT2D eigenvalue weighted by molar-refractivity contribution is 9.10. The summed E-state index contributed by atoms with van der Waals surface area (Å²) >= 11 is 9.83. The predicted molar refractivity (Wildman–Crippen MR) is 178 cm³/mol. The number of benzene rings is 1. The number of hydrogen-bond acceptors (Lipinski definition) is 7. The standard InChI is InChI=1S/C31H45BrClN5O4S2/c1-34-31-35-19-29(32)30(36-31)22-37(20-23-7-3-2-4-8-23)43(39,40)27-15-17-28(18-16-27)44(41,42)38(26-9-5-6-10-26)21-24-11-13-25(33)14-12-24/h15-19,23-26H,2-14,20-22H2,1H3,(H,34,35,36). The number of halogens is 2. The van der Waals surface area contributed by atoms with E-state index in [1.165, 1.54) is 35.0 Å². The van der Waals surface area contributed by atoms with Crippen LogP contribution in [0.25, 0.3) is 0 Å². The average molecular weight is 731 g/mol. The summed E-state index contributed by atoms with van der Waals surface area (Å²) in [5.41, 5.74) is 0.568. The van der Waals surface area contributed by atoms with E-state index in [1.54, 1.807) is 17.5 Å². The van der Waals surface area contributed by atoms with E-state index in [1.807, 2.05) is 0 Å². The van der Waals surface area contributed by atoms with Gasteiger partial charge < -0.3 is 5.32 Å². The van der Waals surface area contributed by atoms with Crippen molar-refractivity contribution in [2.75, 3.05) is 25.5 Å². The fraction of sp³-hybridized carbons (Fsp3) is 0.677. The van der Waals surface area contributed by atoms with Crippen molar-refractivity contribution >= 4 is 53.5 Å². The van der Waals surface area contributed by atoms with E-state index in [0.29, 0.717) is 29.2 Å². The van der Waals surface area contributed by atoms with Crippen LogP contribution in [0.3, 0.4) is 0 Å². The van der Waals surface area contributed by atoms with Crippen LogP contribution in [-0.2, 0) is 26.6 Å². The summed E-state index contributed by atoms with van der Waals surface area (Å²) in [4.78, 5) is 8.96. The van der Waals surface area contributed by atoms with Crippen molar-refractivity contribution in [2.45, 2.75) is 111 Å². The number of rotatable bonds is 12. The zero-order chi connectivity index (χ0) is 31.3. The quantitative estimate of drug-likeness (QED) is 0.240. The molecule has 3 fully saturated rings. The SMILES string of the molecule is CNc1ncc(Br)c(CN(CC2CCCCC2)S(=O)(=O)c2ccc(S(=O)(=O)N(CC3CCC(Cl)CC3)C3CCCC3)cc2)n1. The van der Waals surface area contributed by atoms with Crippen molar-refractivity contribution < 1.29 is 16.8 Å². The fourth-order valence-electron chi connectivity index (χ4n) is 6.97. The van der Waals surface area contributed by atoms with E-state index in [4.69, 9.17) is 11.6 Å². The van der Waals surface area contributed by atoms with E-state index in [9.17, 15) is 16.8 Å². The van der Waals surface area contributed by atoms with Gasteiger partial charge in [-0.15, -0.1) is 11.6 Å². The van der Waals surface area contributed by atoms with Crippen LogP contribution >= 0.6 is 27.5 Å². The molecular formula is C31H45BrClN5O4S2. The van der Waals surface area contributed by atoms with Gasteiger partial charge in [0.2, 0.25) is 26.0 Å². The minimum absolute atomic E-state index is 0.0167. The van der Waals surface area contributed by atoms with Crippen LogP contribution in [0.2, 0.25) is 0 Å². The van der Waals surface area contributed by atoms with Gasteiger partial charge in [0, 0.05) is 37.8 Å². The Hall–Kier alpha value is -1.31. The smallest absolute Gasteiger partial charge is 0.243 e. The lowest BCUT2D eigenvalue weighted by Gasteiger charge is -2.34. The molecule has 0 atom stereocenters. The number of nitrogens with zero attached hydrogens (tertiary/aromatic N) is 4. The zero-order valence-corrected chi connectivity index (χ0v) is 29.5. The van der Waals surface area contributed by atoms with E-state index >= 15 is 0 Å². The van der Waals surface area contributed by atoms with Crippen LogP contribution in [0.15, 0.2) is 44.7 Å². The third kappa shape index (κ3) is 8.15. The molecule has 0 unspecified atom stereocenters. The first kappa shape index (κ1) is 34.0. The molecule has 2 aromatic rings. The first-order valence-electron chi connectivity index (χ1n) is 16.0. The van der Waals surface area contributed by atoms with Gasteiger partial charge in [0.15, 0.2) is 0 Å². The molecule has 0 radical (unpaired) electrons.